The standard InChI is InChI=1S/C20H21N3O4/c1-26-20(25)13-5-7-16(8-6-13)23-19-15(11-22-23)9-14(10-21-19)18(24)12-27-17-3-2-4-17/h5-11,17-18,24H,2-4,12H2,1H3/t18-/m0/s1. The van der Waals surface area contributed by atoms with Crippen molar-refractivity contribution in [1.82, 2.24) is 14.8 Å². The summed E-state index contributed by atoms with van der Waals surface area (Å²) in [7, 11) is 1.35. The van der Waals surface area contributed by atoms with Crippen LogP contribution in [0.2, 0.25) is 0 Å². The molecule has 1 N–H and O–H groups in total. The minimum atomic E-state index is -0.704. The van der Waals surface area contributed by atoms with Crippen LogP contribution in [0.15, 0.2) is 42.7 Å². The molecule has 1 aliphatic rings. The Bertz CT molecular complexity index is 948. The van der Waals surface area contributed by atoms with E-state index in [0.717, 1.165) is 23.9 Å². The van der Waals surface area contributed by atoms with Crippen LogP contribution in [-0.4, -0.2) is 45.7 Å². The van der Waals surface area contributed by atoms with E-state index < -0.39 is 6.10 Å². The first-order valence-corrected chi connectivity index (χ1v) is 8.98. The number of carbonyl (C=O) groups is 1. The van der Waals surface area contributed by atoms with E-state index >= 15 is 0 Å². The zero-order chi connectivity index (χ0) is 18.8. The van der Waals surface area contributed by atoms with Crippen LogP contribution in [0.4, 0.5) is 0 Å². The predicted molar refractivity (Wildman–Crippen MR) is 98.8 cm³/mol. The number of hydrogen-bond acceptors (Lipinski definition) is 6. The van der Waals surface area contributed by atoms with Gasteiger partial charge < -0.3 is 14.6 Å². The van der Waals surface area contributed by atoms with Crippen molar-refractivity contribution in [2.75, 3.05) is 13.7 Å². The molecule has 2 heterocycles. The maximum atomic E-state index is 11.6. The zero-order valence-corrected chi connectivity index (χ0v) is 15.0. The van der Waals surface area contributed by atoms with Crippen LogP contribution in [0.5, 0.6) is 0 Å². The molecule has 0 aliphatic heterocycles. The number of fused-ring (bicyclic) bond motifs is 1. The van der Waals surface area contributed by atoms with Gasteiger partial charge in [0, 0.05) is 17.1 Å². The van der Waals surface area contributed by atoms with Gasteiger partial charge in [0.15, 0.2) is 5.65 Å². The van der Waals surface area contributed by atoms with Crippen LogP contribution in [0.25, 0.3) is 16.7 Å². The van der Waals surface area contributed by atoms with Crippen molar-refractivity contribution in [3.8, 4) is 5.69 Å². The minimum Gasteiger partial charge on any atom is -0.465 e. The first-order chi connectivity index (χ1) is 13.2. The summed E-state index contributed by atoms with van der Waals surface area (Å²) in [6.07, 6.45) is 6.29. The number of aliphatic hydroxyl groups excluding tert-OH is 1. The molecule has 1 atom stereocenters. The molecule has 0 unspecified atom stereocenters. The monoisotopic (exact) mass is 367 g/mol. The molecule has 0 saturated heterocycles. The van der Waals surface area contributed by atoms with Gasteiger partial charge in [0.2, 0.25) is 0 Å². The molecule has 1 aromatic carbocycles. The first kappa shape index (κ1) is 17.6. The first-order valence-electron chi connectivity index (χ1n) is 8.98. The molecule has 1 fully saturated rings. The number of methoxy groups -OCH3 is 1. The maximum Gasteiger partial charge on any atom is 0.337 e. The lowest BCUT2D eigenvalue weighted by molar-refractivity contribution is -0.0427. The molecule has 0 spiro atoms. The quantitative estimate of drug-likeness (QED) is 0.674. The van der Waals surface area contributed by atoms with Crippen LogP contribution in [0.1, 0.15) is 41.3 Å². The van der Waals surface area contributed by atoms with Crippen molar-refractivity contribution >= 4 is 17.0 Å². The van der Waals surface area contributed by atoms with Crippen LogP contribution >= 0.6 is 0 Å². The Hall–Kier alpha value is -2.77. The van der Waals surface area contributed by atoms with Gasteiger partial charge in [-0.3, -0.25) is 0 Å². The SMILES string of the molecule is COC(=O)c1ccc(-n2ncc3cc([C@@H](O)COC4CCC4)cnc32)cc1. The summed E-state index contributed by atoms with van der Waals surface area (Å²) < 4.78 is 12.1. The highest BCUT2D eigenvalue weighted by Crippen LogP contribution is 2.25. The predicted octanol–water partition coefficient (Wildman–Crippen LogP) is 2.81. The van der Waals surface area contributed by atoms with Crippen molar-refractivity contribution in [1.29, 1.82) is 0 Å². The molecule has 0 amide bonds. The fourth-order valence-electron chi connectivity index (χ4n) is 3.03. The van der Waals surface area contributed by atoms with E-state index in [1.807, 2.05) is 6.07 Å². The summed E-state index contributed by atoms with van der Waals surface area (Å²) in [5, 5.41) is 15.6. The molecule has 3 aromatic rings. The lowest BCUT2D eigenvalue weighted by Gasteiger charge is -2.26. The molecule has 4 rings (SSSR count). The van der Waals surface area contributed by atoms with Gasteiger partial charge in [0.1, 0.15) is 6.10 Å². The number of aromatic nitrogens is 3. The molecule has 2 aromatic heterocycles. The van der Waals surface area contributed by atoms with E-state index in [1.165, 1.54) is 13.5 Å². The summed E-state index contributed by atoms with van der Waals surface area (Å²) in [6, 6.07) is 8.82. The van der Waals surface area contributed by atoms with Crippen molar-refractivity contribution in [2.24, 2.45) is 0 Å². The molecule has 7 nitrogen and oxygen atoms in total. The Labute approximate surface area is 156 Å². The summed E-state index contributed by atoms with van der Waals surface area (Å²) in [6.45, 7) is 0.279. The number of esters is 1. The Kier molecular flexibility index (Phi) is 4.87. The third-order valence-corrected chi connectivity index (χ3v) is 4.89. The number of benzene rings is 1. The molecule has 27 heavy (non-hydrogen) atoms. The van der Waals surface area contributed by atoms with Crippen LogP contribution in [0, 0.1) is 0 Å². The normalized spacial score (nSPS) is 15.5. The average molecular weight is 367 g/mol. The number of ether oxygens (including phenoxy) is 2. The van der Waals surface area contributed by atoms with Crippen LogP contribution in [0.3, 0.4) is 0 Å². The second-order valence-corrected chi connectivity index (χ2v) is 6.68. The maximum absolute atomic E-state index is 11.6. The van der Waals surface area contributed by atoms with E-state index in [4.69, 9.17) is 9.47 Å². The fraction of sp³-hybridized carbons (Fsp3) is 0.350. The van der Waals surface area contributed by atoms with Gasteiger partial charge in [-0.15, -0.1) is 0 Å². The third-order valence-electron chi connectivity index (χ3n) is 4.89. The number of carbonyl (C=O) groups excluding carboxylic acids is 1. The lowest BCUT2D eigenvalue weighted by Crippen LogP contribution is -2.24. The van der Waals surface area contributed by atoms with Crippen LogP contribution in [-0.2, 0) is 9.47 Å². The number of nitrogens with zero attached hydrogens (tertiary/aromatic N) is 3. The average Bonchev–Trinajstić information content (AvgIpc) is 3.09. The van der Waals surface area contributed by atoms with Crippen LogP contribution < -0.4 is 0 Å². The third kappa shape index (κ3) is 3.56. The molecule has 140 valence electrons. The Morgan fingerprint density at radius 1 is 1.30 bits per heavy atom. The second-order valence-electron chi connectivity index (χ2n) is 6.68. The molecule has 0 bridgehead atoms. The summed E-state index contributed by atoms with van der Waals surface area (Å²) >= 11 is 0. The number of pyridine rings is 1. The van der Waals surface area contributed by atoms with Gasteiger partial charge in [0.25, 0.3) is 0 Å². The van der Waals surface area contributed by atoms with E-state index in [-0.39, 0.29) is 18.7 Å². The van der Waals surface area contributed by atoms with Gasteiger partial charge in [0.05, 0.1) is 37.3 Å². The van der Waals surface area contributed by atoms with Crippen molar-refractivity contribution in [3.63, 3.8) is 0 Å². The molecular weight excluding hydrogens is 346 g/mol. The molecule has 1 aliphatic carbocycles. The highest BCUT2D eigenvalue weighted by atomic mass is 16.5. The van der Waals surface area contributed by atoms with Crippen molar-refractivity contribution < 1.29 is 19.4 Å². The number of aliphatic hydroxyl groups is 1. The largest absolute Gasteiger partial charge is 0.465 e. The topological polar surface area (TPSA) is 86.5 Å². The highest BCUT2D eigenvalue weighted by molar-refractivity contribution is 5.89. The minimum absolute atomic E-state index is 0.279. The smallest absolute Gasteiger partial charge is 0.337 e. The van der Waals surface area contributed by atoms with Crippen molar-refractivity contribution in [2.45, 2.75) is 31.5 Å². The van der Waals surface area contributed by atoms with Gasteiger partial charge in [-0.2, -0.15) is 5.10 Å². The molecular formula is C20H21N3O4. The molecule has 1 saturated carbocycles. The van der Waals surface area contributed by atoms with Gasteiger partial charge in [-0.05, 0) is 49.6 Å². The van der Waals surface area contributed by atoms with E-state index in [0.29, 0.717) is 16.8 Å². The Morgan fingerprint density at radius 2 is 2.07 bits per heavy atom. The fourth-order valence-corrected chi connectivity index (χ4v) is 3.03. The van der Waals surface area contributed by atoms with Gasteiger partial charge in [-0.1, -0.05) is 0 Å². The second kappa shape index (κ2) is 7.46. The molecule has 0 radical (unpaired) electrons. The Balaban J connectivity index is 1.54. The highest BCUT2D eigenvalue weighted by Gasteiger charge is 2.20. The summed E-state index contributed by atoms with van der Waals surface area (Å²) in [4.78, 5) is 16.0. The van der Waals surface area contributed by atoms with Crippen molar-refractivity contribution in [3.05, 3.63) is 53.9 Å². The molecule has 7 heteroatoms. The van der Waals surface area contributed by atoms with Gasteiger partial charge in [-0.25, -0.2) is 14.5 Å². The summed E-state index contributed by atoms with van der Waals surface area (Å²) in [5.41, 5.74) is 2.65. The summed E-state index contributed by atoms with van der Waals surface area (Å²) in [5.74, 6) is -0.382. The number of hydrogen-bond donors (Lipinski definition) is 1. The van der Waals surface area contributed by atoms with E-state index in [1.54, 1.807) is 41.3 Å². The Morgan fingerprint density at radius 3 is 2.74 bits per heavy atom. The lowest BCUT2D eigenvalue weighted by atomic mass is 9.96. The zero-order valence-electron chi connectivity index (χ0n) is 15.0. The number of rotatable bonds is 6. The van der Waals surface area contributed by atoms with E-state index in [9.17, 15) is 9.90 Å². The van der Waals surface area contributed by atoms with Gasteiger partial charge >= 0.3 is 5.97 Å². The van der Waals surface area contributed by atoms with E-state index in [2.05, 4.69) is 10.1 Å².